The van der Waals surface area contributed by atoms with Crippen LogP contribution in [0.1, 0.15) is 36.6 Å². The molecule has 1 aliphatic heterocycles. The second-order valence-corrected chi connectivity index (χ2v) is 19.7. The van der Waals surface area contributed by atoms with E-state index in [1.807, 2.05) is 72.8 Å². The van der Waals surface area contributed by atoms with Crippen molar-refractivity contribution in [3.8, 4) is 0 Å². The van der Waals surface area contributed by atoms with Crippen LogP contribution in [0.15, 0.2) is 126 Å². The molecular formula is C49H47N3O12P2. The van der Waals surface area contributed by atoms with E-state index in [2.05, 4.69) is 41.4 Å². The summed E-state index contributed by atoms with van der Waals surface area (Å²) in [6.45, 7) is -1.30. The predicted molar refractivity (Wildman–Crippen MR) is 253 cm³/mol. The van der Waals surface area contributed by atoms with Crippen LogP contribution in [0, 0.1) is 0 Å². The van der Waals surface area contributed by atoms with Crippen LogP contribution in [0.4, 0.5) is 5.82 Å². The van der Waals surface area contributed by atoms with Gasteiger partial charge in [-0.25, -0.2) is 13.9 Å². The summed E-state index contributed by atoms with van der Waals surface area (Å²) in [4.78, 5) is 38.4. The second-order valence-electron chi connectivity index (χ2n) is 16.9. The molecule has 1 aromatic heterocycles. The Morgan fingerprint density at radius 3 is 1.70 bits per heavy atom. The summed E-state index contributed by atoms with van der Waals surface area (Å²) in [5, 5.41) is 33.4. The van der Waals surface area contributed by atoms with Crippen molar-refractivity contribution in [1.29, 1.82) is 0 Å². The zero-order valence-corrected chi connectivity index (χ0v) is 37.3. The number of nitrogens with two attached hydrogens (primary N) is 1. The van der Waals surface area contributed by atoms with Gasteiger partial charge in [0.05, 0.1) is 31.5 Å². The molecule has 0 bridgehead atoms. The molecule has 15 nitrogen and oxygen atoms in total. The van der Waals surface area contributed by atoms with E-state index in [0.717, 1.165) is 80.3 Å². The highest BCUT2D eigenvalue weighted by molar-refractivity contribution is 7.47. The highest BCUT2D eigenvalue weighted by atomic mass is 31.2. The van der Waals surface area contributed by atoms with Gasteiger partial charge >= 0.3 is 21.3 Å². The molecular weight excluding hydrogens is 884 g/mol. The highest BCUT2D eigenvalue weighted by Gasteiger charge is 2.39. The maximum absolute atomic E-state index is 13.7. The lowest BCUT2D eigenvalue weighted by Crippen LogP contribution is -2.28. The lowest BCUT2D eigenvalue weighted by molar-refractivity contribution is -0.0482. The lowest BCUT2D eigenvalue weighted by atomic mass is 9.90. The van der Waals surface area contributed by atoms with Gasteiger partial charge in [-0.05, 0) is 108 Å². The van der Waals surface area contributed by atoms with Gasteiger partial charge in [0.15, 0.2) is 0 Å². The van der Waals surface area contributed by atoms with Crippen molar-refractivity contribution in [3.63, 3.8) is 0 Å². The fourth-order valence-electron chi connectivity index (χ4n) is 9.55. The molecule has 0 radical (unpaired) electrons. The Balaban J connectivity index is 0.864. The average Bonchev–Trinajstić information content (AvgIpc) is 3.66. The normalized spacial score (nSPS) is 19.7. The predicted octanol–water partition coefficient (Wildman–Crippen LogP) is 8.53. The minimum atomic E-state index is -4.92. The van der Waals surface area contributed by atoms with Gasteiger partial charge in [-0.1, -0.05) is 109 Å². The number of aromatic nitrogens is 2. The maximum Gasteiger partial charge on any atom is 0.472 e. The van der Waals surface area contributed by atoms with Crippen LogP contribution in [-0.2, 0) is 44.8 Å². The quantitative estimate of drug-likeness (QED) is 0.0402. The Morgan fingerprint density at radius 2 is 1.17 bits per heavy atom. The smallest absolute Gasteiger partial charge is 0.396 e. The summed E-state index contributed by atoms with van der Waals surface area (Å²) in [5.74, 6) is 0.0197. The molecule has 7 unspecified atom stereocenters. The SMILES string of the molecule is Nc1ccn(C2CC(O)C(COP(=O)(O)OC(CCOP(=O)(O)OC(CCO)Cc3ccc4ccc5cccc6ccc3c4c56)Cc3ccc4ccc5cccc6ccc3c4c56)O2)c(=O)n1. The van der Waals surface area contributed by atoms with Gasteiger partial charge < -0.3 is 30.5 Å². The van der Waals surface area contributed by atoms with Gasteiger partial charge in [-0.2, -0.15) is 4.98 Å². The molecule has 1 saturated heterocycles. The number of phosphoric acid groups is 2. The number of nitrogen functional groups attached to an aromatic ring is 1. The van der Waals surface area contributed by atoms with E-state index in [1.54, 1.807) is 0 Å². The van der Waals surface area contributed by atoms with E-state index >= 15 is 0 Å². The Hall–Kier alpha value is -5.38. The Kier molecular flexibility index (Phi) is 12.1. The first-order valence-corrected chi connectivity index (χ1v) is 24.7. The van der Waals surface area contributed by atoms with Gasteiger partial charge in [0.1, 0.15) is 18.1 Å². The molecule has 0 saturated carbocycles. The average molecular weight is 932 g/mol. The van der Waals surface area contributed by atoms with Gasteiger partial charge in [0.25, 0.3) is 0 Å². The third kappa shape index (κ3) is 8.93. The van der Waals surface area contributed by atoms with Crippen molar-refractivity contribution in [2.75, 3.05) is 25.6 Å². The summed E-state index contributed by atoms with van der Waals surface area (Å²) < 4.78 is 56.9. The third-order valence-electron chi connectivity index (χ3n) is 12.6. The zero-order chi connectivity index (χ0) is 45.7. The van der Waals surface area contributed by atoms with Crippen molar-refractivity contribution in [3.05, 3.63) is 143 Å². The minimum Gasteiger partial charge on any atom is -0.396 e. The van der Waals surface area contributed by atoms with Gasteiger partial charge in [-0.15, -0.1) is 0 Å². The fourth-order valence-corrected chi connectivity index (χ4v) is 11.5. The van der Waals surface area contributed by atoms with Crippen LogP contribution in [0.25, 0.3) is 64.6 Å². The lowest BCUT2D eigenvalue weighted by Gasteiger charge is -2.25. The third-order valence-corrected chi connectivity index (χ3v) is 14.7. The number of anilines is 1. The Labute approximate surface area is 377 Å². The number of aliphatic hydroxyl groups is 2. The van der Waals surface area contributed by atoms with Gasteiger partial charge in [0, 0.05) is 19.2 Å². The number of hydrogen-bond donors (Lipinski definition) is 5. The number of phosphoric ester groups is 2. The van der Waals surface area contributed by atoms with E-state index in [-0.39, 0.29) is 44.5 Å². The molecule has 0 spiro atoms. The van der Waals surface area contributed by atoms with Crippen molar-refractivity contribution >= 4 is 86.1 Å². The van der Waals surface area contributed by atoms with Crippen molar-refractivity contribution in [1.82, 2.24) is 9.55 Å². The molecule has 8 aromatic carbocycles. The number of ether oxygens (including phenoxy) is 1. The first-order valence-electron chi connectivity index (χ1n) is 21.7. The number of rotatable bonds is 18. The van der Waals surface area contributed by atoms with E-state index in [4.69, 9.17) is 28.6 Å². The number of nitrogens with zero attached hydrogens (tertiary/aromatic N) is 2. The second kappa shape index (κ2) is 18.0. The first kappa shape index (κ1) is 44.5. The summed E-state index contributed by atoms with van der Waals surface area (Å²) in [6.07, 6.45) is -3.66. The first-order chi connectivity index (χ1) is 31.8. The van der Waals surface area contributed by atoms with Crippen molar-refractivity contribution in [2.45, 2.75) is 62.7 Å². The molecule has 0 aliphatic carbocycles. The highest BCUT2D eigenvalue weighted by Crippen LogP contribution is 2.49. The molecule has 340 valence electrons. The molecule has 0 amide bonds. The van der Waals surface area contributed by atoms with Gasteiger partial charge in [0.2, 0.25) is 0 Å². The molecule has 17 heteroatoms. The molecule has 1 fully saturated rings. The van der Waals surface area contributed by atoms with Crippen LogP contribution in [0.2, 0.25) is 0 Å². The summed E-state index contributed by atoms with van der Waals surface area (Å²) in [5.41, 5.74) is 6.59. The molecule has 9 aromatic rings. The van der Waals surface area contributed by atoms with E-state index in [9.17, 15) is 33.9 Å². The fraction of sp³-hybridized carbons (Fsp3) is 0.265. The number of aliphatic hydroxyl groups excluding tert-OH is 2. The van der Waals surface area contributed by atoms with Crippen molar-refractivity contribution < 1.29 is 52.0 Å². The molecule has 2 heterocycles. The van der Waals surface area contributed by atoms with Crippen LogP contribution in [0.5, 0.6) is 0 Å². The molecule has 66 heavy (non-hydrogen) atoms. The number of benzene rings is 8. The largest absolute Gasteiger partial charge is 0.472 e. The molecule has 7 atom stereocenters. The Bertz CT molecular complexity index is 3350. The van der Waals surface area contributed by atoms with E-state index < -0.39 is 65.2 Å². The molecule has 6 N–H and O–H groups in total. The summed E-state index contributed by atoms with van der Waals surface area (Å²) in [7, 11) is -9.70. The van der Waals surface area contributed by atoms with Crippen LogP contribution in [-0.4, -0.2) is 73.8 Å². The standard InChI is InChI=1S/C49H47N3O12P2/c50-43-19-22-52(49(55)51-43)44-27-41(54)42(62-44)28-61-66(58,59)64-38(26-36-14-12-34-10-8-30-4-2-6-32-16-18-40(36)48(34)46(30)32)21-24-60-65(56,57)63-37(20-23-53)25-35-13-11-33-9-7-29-3-1-5-31-15-17-39(35)47(33)45(29)31/h1-19,22,37-38,41-42,44,53-54H,20-21,23-28H2,(H,56,57)(H,58,59)(H2,50,51,55). The van der Waals surface area contributed by atoms with Crippen LogP contribution in [0.3, 0.4) is 0 Å². The monoisotopic (exact) mass is 931 g/mol. The topological polar surface area (TPSA) is 222 Å². The maximum atomic E-state index is 13.7. The molecule has 1 aliphatic rings. The van der Waals surface area contributed by atoms with Crippen LogP contribution < -0.4 is 11.4 Å². The minimum absolute atomic E-state index is 0.0197. The van der Waals surface area contributed by atoms with Crippen LogP contribution >= 0.6 is 15.6 Å². The Morgan fingerprint density at radius 1 is 0.682 bits per heavy atom. The zero-order valence-electron chi connectivity index (χ0n) is 35.5. The van der Waals surface area contributed by atoms with E-state index in [0.29, 0.717) is 0 Å². The van der Waals surface area contributed by atoms with Crippen molar-refractivity contribution in [2.24, 2.45) is 0 Å². The van der Waals surface area contributed by atoms with Gasteiger partial charge in [-0.3, -0.25) is 22.7 Å². The summed E-state index contributed by atoms with van der Waals surface area (Å²) in [6, 6.07) is 37.9. The molecule has 10 rings (SSSR count). The number of hydrogen-bond acceptors (Lipinski definition) is 12. The summed E-state index contributed by atoms with van der Waals surface area (Å²) >= 11 is 0. The van der Waals surface area contributed by atoms with E-state index in [1.165, 1.54) is 12.3 Å².